The second kappa shape index (κ2) is 11.5. The molecule has 52 heavy (non-hydrogen) atoms. The van der Waals surface area contributed by atoms with Crippen LogP contribution in [0.2, 0.25) is 0 Å². The van der Waals surface area contributed by atoms with Gasteiger partial charge < -0.3 is 13.7 Å². The molecule has 0 aliphatic rings. The summed E-state index contributed by atoms with van der Waals surface area (Å²) in [5.41, 5.74) is 11.3. The third kappa shape index (κ3) is 4.38. The molecule has 0 N–H and O–H groups in total. The third-order valence-electron chi connectivity index (χ3n) is 10.3. The van der Waals surface area contributed by atoms with E-state index >= 15 is 0 Å². The molecule has 3 nitrogen and oxygen atoms in total. The predicted molar refractivity (Wildman–Crippen MR) is 219 cm³/mol. The maximum absolute atomic E-state index is 7.00. The van der Waals surface area contributed by atoms with Crippen LogP contribution in [0, 0.1) is 0 Å². The van der Waals surface area contributed by atoms with Crippen molar-refractivity contribution in [1.29, 1.82) is 0 Å². The second-order valence-corrected chi connectivity index (χ2v) is 14.2. The van der Waals surface area contributed by atoms with Gasteiger partial charge in [-0.1, -0.05) is 133 Å². The van der Waals surface area contributed by atoms with E-state index in [0.29, 0.717) is 0 Å². The van der Waals surface area contributed by atoms with Gasteiger partial charge in [0.15, 0.2) is 5.58 Å². The van der Waals surface area contributed by atoms with Gasteiger partial charge in [0.1, 0.15) is 16.7 Å². The Morgan fingerprint density at radius 2 is 0.981 bits per heavy atom. The molecule has 0 unspecified atom stereocenters. The molecule has 8 aromatic carbocycles. The number of hydrogen-bond donors (Lipinski definition) is 0. The first-order valence-electron chi connectivity index (χ1n) is 17.5. The number of furan rings is 2. The van der Waals surface area contributed by atoms with Gasteiger partial charge in [-0.25, -0.2) is 0 Å². The number of para-hydroxylation sites is 3. The predicted octanol–water partition coefficient (Wildman–Crippen LogP) is 14.7. The number of benzene rings is 8. The Morgan fingerprint density at radius 3 is 1.79 bits per heavy atom. The molecule has 0 amide bonds. The minimum absolute atomic E-state index is 0.856. The fourth-order valence-corrected chi connectivity index (χ4v) is 9.25. The SMILES string of the molecule is c1ccc(-c2ccc(N(c3cccc4c3oc3c(-c5ccccc5)cccc34)c3cccc4c3sc3c4ccc4oc5ccccc5c43)cc2)cc1. The van der Waals surface area contributed by atoms with Gasteiger partial charge in [0.05, 0.1) is 16.1 Å². The van der Waals surface area contributed by atoms with Gasteiger partial charge in [-0.15, -0.1) is 11.3 Å². The van der Waals surface area contributed by atoms with Crippen molar-refractivity contribution in [2.45, 2.75) is 0 Å². The van der Waals surface area contributed by atoms with Crippen molar-refractivity contribution in [3.63, 3.8) is 0 Å². The summed E-state index contributed by atoms with van der Waals surface area (Å²) in [6.07, 6.45) is 0. The average molecular weight is 684 g/mol. The molecular weight excluding hydrogens is 655 g/mol. The van der Waals surface area contributed by atoms with E-state index in [1.807, 2.05) is 17.4 Å². The molecule has 4 heteroatoms. The van der Waals surface area contributed by atoms with Crippen molar-refractivity contribution in [2.24, 2.45) is 0 Å². The highest BCUT2D eigenvalue weighted by Gasteiger charge is 2.24. The van der Waals surface area contributed by atoms with E-state index in [0.717, 1.165) is 66.7 Å². The van der Waals surface area contributed by atoms with Crippen LogP contribution in [-0.4, -0.2) is 0 Å². The summed E-state index contributed by atoms with van der Waals surface area (Å²) in [5.74, 6) is 0. The van der Waals surface area contributed by atoms with Gasteiger partial charge in [0.2, 0.25) is 0 Å². The highest BCUT2D eigenvalue weighted by Crippen LogP contribution is 2.50. The van der Waals surface area contributed by atoms with Gasteiger partial charge in [-0.2, -0.15) is 0 Å². The fraction of sp³-hybridized carbons (Fsp3) is 0. The highest BCUT2D eigenvalue weighted by atomic mass is 32.1. The lowest BCUT2D eigenvalue weighted by atomic mass is 10.0. The molecule has 0 bridgehead atoms. The molecule has 0 saturated carbocycles. The van der Waals surface area contributed by atoms with Crippen LogP contribution >= 0.6 is 11.3 Å². The first-order valence-corrected chi connectivity index (χ1v) is 18.3. The summed E-state index contributed by atoms with van der Waals surface area (Å²) in [4.78, 5) is 2.38. The lowest BCUT2D eigenvalue weighted by molar-refractivity contribution is 0.669. The van der Waals surface area contributed by atoms with Crippen molar-refractivity contribution in [1.82, 2.24) is 0 Å². The minimum atomic E-state index is 0.856. The van der Waals surface area contributed by atoms with E-state index in [2.05, 4.69) is 175 Å². The Kier molecular flexibility index (Phi) is 6.42. The van der Waals surface area contributed by atoms with Crippen molar-refractivity contribution < 1.29 is 8.83 Å². The Morgan fingerprint density at radius 1 is 0.365 bits per heavy atom. The van der Waals surface area contributed by atoms with Crippen molar-refractivity contribution in [3.8, 4) is 22.3 Å². The Labute approximate surface area is 303 Å². The van der Waals surface area contributed by atoms with Crippen LogP contribution < -0.4 is 4.90 Å². The Bertz CT molecular complexity index is 3120. The van der Waals surface area contributed by atoms with E-state index in [4.69, 9.17) is 8.83 Å². The first kappa shape index (κ1) is 29.1. The molecule has 0 spiro atoms. The normalized spacial score (nSPS) is 11.8. The lowest BCUT2D eigenvalue weighted by Gasteiger charge is -2.26. The van der Waals surface area contributed by atoms with Crippen LogP contribution in [0.5, 0.6) is 0 Å². The van der Waals surface area contributed by atoms with Gasteiger partial charge in [-0.3, -0.25) is 0 Å². The third-order valence-corrected chi connectivity index (χ3v) is 11.5. The largest absolute Gasteiger partial charge is 0.456 e. The van der Waals surface area contributed by atoms with Gasteiger partial charge in [0.25, 0.3) is 0 Å². The molecular formula is C48H29NO2S. The van der Waals surface area contributed by atoms with Crippen molar-refractivity contribution >= 4 is 92.4 Å². The molecule has 11 rings (SSSR count). The first-order chi connectivity index (χ1) is 25.8. The summed E-state index contributed by atoms with van der Waals surface area (Å²) in [6, 6.07) is 62.3. The fourth-order valence-electron chi connectivity index (χ4n) is 7.89. The number of thiophene rings is 1. The van der Waals surface area contributed by atoms with Crippen LogP contribution in [0.3, 0.4) is 0 Å². The monoisotopic (exact) mass is 683 g/mol. The molecule has 3 aromatic heterocycles. The molecule has 0 aliphatic heterocycles. The summed E-state index contributed by atoms with van der Waals surface area (Å²) >= 11 is 1.83. The smallest absolute Gasteiger partial charge is 0.159 e. The highest BCUT2D eigenvalue weighted by molar-refractivity contribution is 7.27. The van der Waals surface area contributed by atoms with E-state index in [9.17, 15) is 0 Å². The van der Waals surface area contributed by atoms with E-state index in [1.165, 1.54) is 36.7 Å². The summed E-state index contributed by atoms with van der Waals surface area (Å²) in [6.45, 7) is 0. The van der Waals surface area contributed by atoms with E-state index in [1.54, 1.807) is 0 Å². The number of nitrogens with zero attached hydrogens (tertiary/aromatic N) is 1. The average Bonchev–Trinajstić information content (AvgIpc) is 3.91. The number of anilines is 3. The maximum Gasteiger partial charge on any atom is 0.159 e. The zero-order valence-electron chi connectivity index (χ0n) is 27.9. The van der Waals surface area contributed by atoms with Crippen molar-refractivity contribution in [3.05, 3.63) is 176 Å². The van der Waals surface area contributed by atoms with E-state index in [-0.39, 0.29) is 0 Å². The van der Waals surface area contributed by atoms with Crippen LogP contribution in [0.4, 0.5) is 17.1 Å². The second-order valence-electron chi connectivity index (χ2n) is 13.2. The van der Waals surface area contributed by atoms with Gasteiger partial charge >= 0.3 is 0 Å². The summed E-state index contributed by atoms with van der Waals surface area (Å²) in [5, 5.41) is 6.96. The molecule has 0 atom stereocenters. The quantitative estimate of drug-likeness (QED) is 0.181. The van der Waals surface area contributed by atoms with Crippen LogP contribution in [0.15, 0.2) is 185 Å². The minimum Gasteiger partial charge on any atom is -0.456 e. The van der Waals surface area contributed by atoms with E-state index < -0.39 is 0 Å². The standard InChI is InChI=1S/C48H29NO2S/c1-3-12-30(13-4-1)31-24-26-33(27-25-31)49(40-21-10-19-36-35-18-9-17-34(45(35)51-46(36)40)32-14-5-2-6-15-32)41-22-11-20-37-38-28-29-43-44(48(38)52-47(37)41)39-16-7-8-23-42(39)50-43/h1-29H. The molecule has 11 aromatic rings. The summed E-state index contributed by atoms with van der Waals surface area (Å²) < 4.78 is 15.8. The molecule has 0 radical (unpaired) electrons. The van der Waals surface area contributed by atoms with Crippen LogP contribution in [0.25, 0.3) is 86.3 Å². The molecule has 0 fully saturated rings. The maximum atomic E-state index is 7.00. The summed E-state index contributed by atoms with van der Waals surface area (Å²) in [7, 11) is 0. The van der Waals surface area contributed by atoms with Gasteiger partial charge in [-0.05, 0) is 59.2 Å². The molecule has 3 heterocycles. The lowest BCUT2D eigenvalue weighted by Crippen LogP contribution is -2.10. The van der Waals surface area contributed by atoms with Crippen LogP contribution in [-0.2, 0) is 0 Å². The Balaban J connectivity index is 1.19. The van der Waals surface area contributed by atoms with Gasteiger partial charge in [0, 0.05) is 48.3 Å². The topological polar surface area (TPSA) is 29.5 Å². The number of hydrogen-bond acceptors (Lipinski definition) is 4. The molecule has 0 aliphatic carbocycles. The molecule has 0 saturated heterocycles. The zero-order valence-corrected chi connectivity index (χ0v) is 28.7. The molecule has 244 valence electrons. The van der Waals surface area contributed by atoms with Crippen molar-refractivity contribution in [2.75, 3.05) is 4.90 Å². The number of rotatable bonds is 5. The number of fused-ring (bicyclic) bond motifs is 10. The Hall–Kier alpha value is -6.62. The zero-order chi connectivity index (χ0) is 34.2. The van der Waals surface area contributed by atoms with Crippen LogP contribution in [0.1, 0.15) is 0 Å².